The number of aliphatic hydroxyl groups is 1. The van der Waals surface area contributed by atoms with Gasteiger partial charge in [-0.3, -0.25) is 4.79 Å². The van der Waals surface area contributed by atoms with Crippen molar-refractivity contribution < 1.29 is 24.5 Å². The fraction of sp³-hybridized carbons (Fsp3) is 0.833. The van der Waals surface area contributed by atoms with E-state index in [4.69, 9.17) is 9.84 Å². The lowest BCUT2D eigenvalue weighted by Crippen LogP contribution is -2.46. The molecular weight excluding hydrogens is 252 g/mol. The summed E-state index contributed by atoms with van der Waals surface area (Å²) in [5, 5.41) is 23.2. The molecule has 7 nitrogen and oxygen atoms in total. The average Bonchev–Trinajstić information content (AvgIpc) is 3.08. The minimum Gasteiger partial charge on any atom is -0.481 e. The van der Waals surface area contributed by atoms with Gasteiger partial charge in [-0.15, -0.1) is 0 Å². The largest absolute Gasteiger partial charge is 0.481 e. The Balaban J connectivity index is 2.01. The second kappa shape index (κ2) is 7.30. The van der Waals surface area contributed by atoms with E-state index in [1.54, 1.807) is 0 Å². The van der Waals surface area contributed by atoms with Crippen molar-refractivity contribution in [2.75, 3.05) is 26.3 Å². The van der Waals surface area contributed by atoms with Gasteiger partial charge in [-0.25, -0.2) is 4.79 Å². The smallest absolute Gasteiger partial charge is 0.314 e. The zero-order valence-electron chi connectivity index (χ0n) is 11.1. The van der Waals surface area contributed by atoms with Crippen LogP contribution >= 0.6 is 0 Å². The molecule has 0 saturated heterocycles. The Bertz CT molecular complexity index is 315. The molecule has 0 bridgehead atoms. The number of carboxylic acid groups (broad SMARTS) is 1. The number of amides is 2. The second-order valence-electron chi connectivity index (χ2n) is 5.20. The fourth-order valence-corrected chi connectivity index (χ4v) is 1.49. The third kappa shape index (κ3) is 8.39. The number of hydrogen-bond donors (Lipinski definition) is 4. The molecule has 110 valence electrons. The number of carboxylic acids is 1. The molecule has 1 saturated carbocycles. The molecule has 0 aromatic heterocycles. The molecule has 1 aliphatic carbocycles. The molecule has 4 N–H and O–H groups in total. The van der Waals surface area contributed by atoms with Gasteiger partial charge in [0.2, 0.25) is 0 Å². The molecule has 1 fully saturated rings. The summed E-state index contributed by atoms with van der Waals surface area (Å²) >= 11 is 0. The van der Waals surface area contributed by atoms with Crippen molar-refractivity contribution in [3.8, 4) is 0 Å². The van der Waals surface area contributed by atoms with E-state index in [1.165, 1.54) is 19.8 Å². The molecule has 7 heteroatoms. The third-order valence-electron chi connectivity index (χ3n) is 2.74. The number of aliphatic carboxylic acids is 1. The highest BCUT2D eigenvalue weighted by atomic mass is 16.5. The topological polar surface area (TPSA) is 108 Å². The number of carbonyl (C=O) groups excluding carboxylic acids is 1. The number of hydrogen-bond acceptors (Lipinski definition) is 4. The maximum atomic E-state index is 11.3. The van der Waals surface area contributed by atoms with Crippen molar-refractivity contribution in [1.29, 1.82) is 0 Å². The van der Waals surface area contributed by atoms with Crippen LogP contribution < -0.4 is 10.6 Å². The Morgan fingerprint density at radius 2 is 2.05 bits per heavy atom. The van der Waals surface area contributed by atoms with Gasteiger partial charge in [-0.1, -0.05) is 0 Å². The first-order chi connectivity index (χ1) is 8.89. The van der Waals surface area contributed by atoms with E-state index in [9.17, 15) is 14.7 Å². The van der Waals surface area contributed by atoms with Gasteiger partial charge in [0.25, 0.3) is 0 Å². The van der Waals surface area contributed by atoms with Gasteiger partial charge in [-0.2, -0.15) is 0 Å². The van der Waals surface area contributed by atoms with E-state index in [0.29, 0.717) is 19.1 Å². The van der Waals surface area contributed by atoms with Gasteiger partial charge in [-0.05, 0) is 25.7 Å². The first kappa shape index (κ1) is 15.7. The van der Waals surface area contributed by atoms with Crippen LogP contribution in [-0.4, -0.2) is 54.1 Å². The van der Waals surface area contributed by atoms with Crippen LogP contribution in [0.25, 0.3) is 0 Å². The molecule has 0 radical (unpaired) electrons. The normalized spacial score (nSPS) is 17.6. The molecule has 0 aliphatic heterocycles. The molecule has 1 atom stereocenters. The monoisotopic (exact) mass is 274 g/mol. The third-order valence-corrected chi connectivity index (χ3v) is 2.74. The molecule has 0 aromatic rings. The van der Waals surface area contributed by atoms with E-state index >= 15 is 0 Å². The summed E-state index contributed by atoms with van der Waals surface area (Å²) in [6.07, 6.45) is 2.04. The van der Waals surface area contributed by atoms with Gasteiger partial charge in [0, 0.05) is 19.7 Å². The van der Waals surface area contributed by atoms with Crippen molar-refractivity contribution in [1.82, 2.24) is 10.6 Å². The van der Waals surface area contributed by atoms with E-state index in [2.05, 4.69) is 10.6 Å². The van der Waals surface area contributed by atoms with Crippen molar-refractivity contribution >= 4 is 12.0 Å². The molecule has 0 heterocycles. The summed E-state index contributed by atoms with van der Waals surface area (Å²) in [7, 11) is 0. The lowest BCUT2D eigenvalue weighted by atomic mass is 10.0. The lowest BCUT2D eigenvalue weighted by Gasteiger charge is -2.21. The highest BCUT2D eigenvalue weighted by molar-refractivity contribution is 5.74. The highest BCUT2D eigenvalue weighted by Crippen LogP contribution is 2.28. The first-order valence-corrected chi connectivity index (χ1v) is 6.43. The molecule has 1 unspecified atom stereocenters. The molecule has 1 rings (SSSR count). The van der Waals surface area contributed by atoms with Crippen molar-refractivity contribution in [3.63, 3.8) is 0 Å². The van der Waals surface area contributed by atoms with Crippen LogP contribution in [0.5, 0.6) is 0 Å². The van der Waals surface area contributed by atoms with Crippen LogP contribution in [0, 0.1) is 5.92 Å². The summed E-state index contributed by atoms with van der Waals surface area (Å²) < 4.78 is 5.34. The lowest BCUT2D eigenvalue weighted by molar-refractivity contribution is -0.141. The molecule has 1 aliphatic rings. The fourth-order valence-electron chi connectivity index (χ4n) is 1.49. The van der Waals surface area contributed by atoms with E-state index in [-0.39, 0.29) is 6.54 Å². The molecule has 0 spiro atoms. The molecular formula is C12H22N2O5. The maximum absolute atomic E-state index is 11.3. The van der Waals surface area contributed by atoms with Gasteiger partial charge in [0.1, 0.15) is 0 Å². The Hall–Kier alpha value is -1.34. The van der Waals surface area contributed by atoms with Crippen LogP contribution in [0.15, 0.2) is 0 Å². The van der Waals surface area contributed by atoms with Crippen molar-refractivity contribution in [3.05, 3.63) is 0 Å². The summed E-state index contributed by atoms with van der Waals surface area (Å²) in [5.41, 5.74) is -1.45. The van der Waals surface area contributed by atoms with Crippen LogP contribution in [0.1, 0.15) is 26.2 Å². The quantitative estimate of drug-likeness (QED) is 0.440. The molecule has 19 heavy (non-hydrogen) atoms. The van der Waals surface area contributed by atoms with Gasteiger partial charge >= 0.3 is 12.0 Å². The van der Waals surface area contributed by atoms with Gasteiger partial charge in [0.05, 0.1) is 18.6 Å². The van der Waals surface area contributed by atoms with Gasteiger partial charge < -0.3 is 25.6 Å². The average molecular weight is 274 g/mol. The minimum absolute atomic E-state index is 0.117. The number of carbonyl (C=O) groups is 2. The maximum Gasteiger partial charge on any atom is 0.314 e. The first-order valence-electron chi connectivity index (χ1n) is 6.43. The van der Waals surface area contributed by atoms with E-state index in [0.717, 1.165) is 6.61 Å². The zero-order chi connectivity index (χ0) is 14.3. The summed E-state index contributed by atoms with van der Waals surface area (Å²) in [6, 6.07) is -0.444. The number of nitrogens with one attached hydrogen (secondary N) is 2. The van der Waals surface area contributed by atoms with Crippen molar-refractivity contribution in [2.45, 2.75) is 31.8 Å². The summed E-state index contributed by atoms with van der Waals surface area (Å²) in [6.45, 7) is 2.83. The Morgan fingerprint density at radius 1 is 1.37 bits per heavy atom. The standard InChI is InChI=1S/C12H22N2O5/c1-12(18,6-10(15)16)8-14-11(17)13-4-5-19-7-9-2-3-9/h9,18H,2-8H2,1H3,(H,15,16)(H2,13,14,17). The van der Waals surface area contributed by atoms with E-state index in [1.807, 2.05) is 0 Å². The number of urea groups is 1. The highest BCUT2D eigenvalue weighted by Gasteiger charge is 2.24. The predicted octanol–water partition coefficient (Wildman–Crippen LogP) is -0.0621. The predicted molar refractivity (Wildman–Crippen MR) is 67.8 cm³/mol. The molecule has 2 amide bonds. The Morgan fingerprint density at radius 3 is 2.63 bits per heavy atom. The zero-order valence-corrected chi connectivity index (χ0v) is 11.1. The van der Waals surface area contributed by atoms with Crippen LogP contribution in [0.2, 0.25) is 0 Å². The Kier molecular flexibility index (Phi) is 6.04. The second-order valence-corrected chi connectivity index (χ2v) is 5.20. The van der Waals surface area contributed by atoms with Gasteiger partial charge in [0.15, 0.2) is 0 Å². The summed E-state index contributed by atoms with van der Waals surface area (Å²) in [4.78, 5) is 21.8. The molecule has 0 aromatic carbocycles. The van der Waals surface area contributed by atoms with Crippen LogP contribution in [-0.2, 0) is 9.53 Å². The number of ether oxygens (including phenoxy) is 1. The SMILES string of the molecule is CC(O)(CNC(=O)NCCOCC1CC1)CC(=O)O. The van der Waals surface area contributed by atoms with E-state index < -0.39 is 24.0 Å². The summed E-state index contributed by atoms with van der Waals surface area (Å²) in [5.74, 6) is -0.416. The number of rotatable bonds is 9. The van der Waals surface area contributed by atoms with Crippen LogP contribution in [0.3, 0.4) is 0 Å². The minimum atomic E-state index is -1.45. The Labute approximate surface area is 112 Å². The van der Waals surface area contributed by atoms with Crippen LogP contribution in [0.4, 0.5) is 4.79 Å². The van der Waals surface area contributed by atoms with Crippen molar-refractivity contribution in [2.24, 2.45) is 5.92 Å².